The van der Waals surface area contributed by atoms with Crippen molar-refractivity contribution >= 4 is 21.7 Å². The molecule has 0 fully saturated rings. The molecular formula is C26H21F3K2N3O2S-3. The van der Waals surface area contributed by atoms with E-state index < -0.39 is 22.4 Å². The molecule has 0 aliphatic heterocycles. The summed E-state index contributed by atoms with van der Waals surface area (Å²) >= 11 is 0. The van der Waals surface area contributed by atoms with Crippen LogP contribution in [0.4, 0.5) is 13.2 Å². The van der Waals surface area contributed by atoms with Crippen molar-refractivity contribution in [2.45, 2.75) is 23.9 Å². The van der Waals surface area contributed by atoms with Crippen molar-refractivity contribution in [1.82, 2.24) is 9.97 Å². The summed E-state index contributed by atoms with van der Waals surface area (Å²) in [6.45, 7) is 7.16. The molecule has 37 heavy (non-hydrogen) atoms. The van der Waals surface area contributed by atoms with Crippen molar-refractivity contribution in [2.24, 2.45) is 0 Å². The van der Waals surface area contributed by atoms with Crippen LogP contribution in [0.3, 0.4) is 0 Å². The first kappa shape index (κ1) is 36.6. The molecule has 1 N–H and O–H groups in total. The zero-order valence-corrected chi connectivity index (χ0v) is 27.6. The number of rotatable bonds is 4. The molecule has 184 valence electrons. The number of nitrogens with one attached hydrogen (secondary N) is 1. The molecule has 0 aliphatic carbocycles. The number of pyridine rings is 1. The molecule has 0 amide bonds. The Morgan fingerprint density at radius 3 is 2.05 bits per heavy atom. The van der Waals surface area contributed by atoms with Gasteiger partial charge in [-0.05, 0) is 22.3 Å². The minimum Gasteiger partial charge on any atom is -0.420 e. The predicted octanol–water partition coefficient (Wildman–Crippen LogP) is 0.922. The van der Waals surface area contributed by atoms with Crippen LogP contribution in [-0.2, 0) is 25.3 Å². The van der Waals surface area contributed by atoms with E-state index in [0.717, 1.165) is 41.5 Å². The van der Waals surface area contributed by atoms with Crippen molar-refractivity contribution in [2.75, 3.05) is 0 Å². The SMILES string of the molecule is FC(F)(F)c1cc[c-]cc1.N#Cc1c[nH]c2ncc(-c3ccc([S-](=O)=O)cc3)cc12.[CH2-]C[CH-]C[CH2-].[K+].[K+]. The Balaban J connectivity index is 0.000000644. The van der Waals surface area contributed by atoms with E-state index in [4.69, 9.17) is 5.26 Å². The molecule has 0 unspecified atom stereocenters. The Morgan fingerprint density at radius 1 is 1.03 bits per heavy atom. The molecule has 0 bridgehead atoms. The summed E-state index contributed by atoms with van der Waals surface area (Å²) in [5, 5.41) is 9.77. The van der Waals surface area contributed by atoms with E-state index in [9.17, 15) is 21.6 Å². The van der Waals surface area contributed by atoms with Gasteiger partial charge in [0.05, 0.1) is 5.56 Å². The average Bonchev–Trinajstić information content (AvgIpc) is 3.28. The molecule has 0 aliphatic rings. The number of aromatic nitrogens is 2. The second kappa shape index (κ2) is 18.8. The molecule has 2 heterocycles. The molecule has 2 aromatic heterocycles. The maximum absolute atomic E-state index is 11.8. The predicted molar refractivity (Wildman–Crippen MR) is 128 cm³/mol. The van der Waals surface area contributed by atoms with Gasteiger partial charge in [0, 0.05) is 23.3 Å². The summed E-state index contributed by atoms with van der Waals surface area (Å²) in [7, 11) is -2.23. The third kappa shape index (κ3) is 12.1. The van der Waals surface area contributed by atoms with Gasteiger partial charge in [-0.25, -0.2) is 4.98 Å². The molecule has 0 spiro atoms. The van der Waals surface area contributed by atoms with E-state index in [-0.39, 0.29) is 108 Å². The van der Waals surface area contributed by atoms with Gasteiger partial charge in [0.25, 0.3) is 0 Å². The molecule has 0 saturated carbocycles. The first-order valence-electron chi connectivity index (χ1n) is 10.2. The quantitative estimate of drug-likeness (QED) is 0.223. The summed E-state index contributed by atoms with van der Waals surface area (Å²) in [5.41, 5.74) is 2.23. The molecule has 5 nitrogen and oxygen atoms in total. The number of nitriles is 1. The van der Waals surface area contributed by atoms with Gasteiger partial charge in [-0.3, -0.25) is 0 Å². The van der Waals surface area contributed by atoms with Crippen molar-refractivity contribution in [3.8, 4) is 17.2 Å². The zero-order chi connectivity index (χ0) is 25.8. The zero-order valence-electron chi connectivity index (χ0n) is 20.5. The van der Waals surface area contributed by atoms with E-state index in [1.165, 1.54) is 24.3 Å². The van der Waals surface area contributed by atoms with Crippen LogP contribution in [0.25, 0.3) is 22.2 Å². The first-order chi connectivity index (χ1) is 16.7. The number of nitrogens with zero attached hydrogens (tertiary/aromatic N) is 2. The summed E-state index contributed by atoms with van der Waals surface area (Å²) in [5.74, 6) is 0. The molecule has 4 aromatic rings. The van der Waals surface area contributed by atoms with Crippen LogP contribution < -0.4 is 103 Å². The fourth-order valence-electron chi connectivity index (χ4n) is 2.73. The van der Waals surface area contributed by atoms with E-state index in [1.54, 1.807) is 24.5 Å². The van der Waals surface area contributed by atoms with Crippen molar-refractivity contribution in [3.63, 3.8) is 0 Å². The second-order valence-corrected chi connectivity index (χ2v) is 7.79. The van der Waals surface area contributed by atoms with Crippen LogP contribution in [0.5, 0.6) is 0 Å². The van der Waals surface area contributed by atoms with Crippen LogP contribution in [-0.4, -0.2) is 9.97 Å². The van der Waals surface area contributed by atoms with Gasteiger partial charge in [-0.1, -0.05) is 34.7 Å². The maximum atomic E-state index is 11.8. The number of H-pyrrole nitrogens is 1. The number of aromatic amines is 1. The topological polar surface area (TPSA) is 86.6 Å². The molecule has 2 aromatic carbocycles. The maximum Gasteiger partial charge on any atom is 1.00 e. The van der Waals surface area contributed by atoms with Crippen LogP contribution in [0.15, 0.2) is 71.9 Å². The monoisotopic (exact) mass is 574 g/mol. The fourth-order valence-corrected chi connectivity index (χ4v) is 3.09. The summed E-state index contributed by atoms with van der Waals surface area (Å²) < 4.78 is 57.0. The molecule has 11 heteroatoms. The van der Waals surface area contributed by atoms with Crippen molar-refractivity contribution in [3.05, 3.63) is 104 Å². The van der Waals surface area contributed by atoms with Crippen LogP contribution >= 0.6 is 0 Å². The van der Waals surface area contributed by atoms with Crippen molar-refractivity contribution < 1.29 is 124 Å². The normalized spacial score (nSPS) is 10.1. The van der Waals surface area contributed by atoms with Crippen LogP contribution in [0.1, 0.15) is 24.0 Å². The molecular weight excluding hydrogens is 554 g/mol. The Labute approximate surface area is 302 Å². The summed E-state index contributed by atoms with van der Waals surface area (Å²) in [6, 6.07) is 17.4. The summed E-state index contributed by atoms with van der Waals surface area (Å²) in [4.78, 5) is 7.42. The smallest absolute Gasteiger partial charge is 0.420 e. The fraction of sp³-hybridized carbons (Fsp3) is 0.115. The Bertz CT molecular complexity index is 1330. The summed E-state index contributed by atoms with van der Waals surface area (Å²) in [6.07, 6.45) is 2.91. The molecule has 4 rings (SSSR count). The van der Waals surface area contributed by atoms with Crippen LogP contribution in [0, 0.1) is 37.7 Å². The van der Waals surface area contributed by atoms with Crippen LogP contribution in [0.2, 0.25) is 0 Å². The third-order valence-corrected chi connectivity index (χ3v) is 5.14. The van der Waals surface area contributed by atoms with E-state index in [0.29, 0.717) is 11.2 Å². The first-order valence-corrected chi connectivity index (χ1v) is 11.3. The number of unbranched alkanes of at least 4 members (excludes halogenated alkanes) is 2. The standard InChI is InChI=1S/C14H8N3O2S.C7H4F3.C5H9.2K/c15-6-11-8-17-14-13(11)5-10(7-16-14)9-1-3-12(4-2-9)20(18)19;8-7(9,10)6-4-2-1-3-5-6;1-3-5-4-2;;/h1-5,7-8H,(H,16,17);2-5H;5H,1-4H2;;/q2*-1;-3;2*+1. The Morgan fingerprint density at radius 2 is 1.62 bits per heavy atom. The van der Waals surface area contributed by atoms with Gasteiger partial charge in [-0.15, -0.1) is 0 Å². The number of hydrogen-bond donors (Lipinski definition) is 1. The van der Waals surface area contributed by atoms with E-state index in [2.05, 4.69) is 36.0 Å². The minimum absolute atomic E-state index is 0. The Kier molecular flexibility index (Phi) is 18.7. The van der Waals surface area contributed by atoms with E-state index >= 15 is 0 Å². The van der Waals surface area contributed by atoms with Gasteiger partial charge in [0.1, 0.15) is 11.7 Å². The van der Waals surface area contributed by atoms with Gasteiger partial charge in [-0.2, -0.15) is 48.8 Å². The minimum atomic E-state index is -4.23. The van der Waals surface area contributed by atoms with Gasteiger partial charge >= 0.3 is 109 Å². The van der Waals surface area contributed by atoms with Crippen molar-refractivity contribution in [1.29, 1.82) is 5.26 Å². The van der Waals surface area contributed by atoms with Gasteiger partial charge in [0.15, 0.2) is 0 Å². The number of benzene rings is 2. The van der Waals surface area contributed by atoms with Gasteiger partial charge < -0.3 is 46.5 Å². The molecule has 0 radical (unpaired) electrons. The molecule has 0 saturated heterocycles. The number of alkyl halides is 3. The van der Waals surface area contributed by atoms with Gasteiger partial charge in [0.2, 0.25) is 0 Å². The number of fused-ring (bicyclic) bond motifs is 1. The molecule has 0 atom stereocenters. The third-order valence-electron chi connectivity index (χ3n) is 4.49. The largest absolute Gasteiger partial charge is 1.00 e. The Hall–Kier alpha value is -0.367. The number of hydrogen-bond acceptors (Lipinski definition) is 5. The van der Waals surface area contributed by atoms with E-state index in [1.807, 2.05) is 12.5 Å². The second-order valence-electron chi connectivity index (χ2n) is 6.85. The number of halogens is 3. The average molecular weight is 575 g/mol.